The summed E-state index contributed by atoms with van der Waals surface area (Å²) in [5, 5.41) is 9.58. The molecule has 0 aromatic heterocycles. The average Bonchev–Trinajstić information content (AvgIpc) is 2.67. The Morgan fingerprint density at radius 3 is 2.15 bits per heavy atom. The standard InChI is InChI=1S/C24H21NO/c1-18-7-11-20(12-8-18)17-26-24-6-4-3-5-22(24)15-23(16-25)21-13-9-19(2)10-14-21/h3-15H,17H2,1-2H3/b23-15+. The van der Waals surface area contributed by atoms with E-state index < -0.39 is 0 Å². The van der Waals surface area contributed by atoms with Crippen molar-refractivity contribution in [2.24, 2.45) is 0 Å². The van der Waals surface area contributed by atoms with Crippen molar-refractivity contribution in [1.82, 2.24) is 0 Å². The number of ether oxygens (including phenoxy) is 1. The molecule has 0 heterocycles. The Kier molecular flexibility index (Phi) is 5.51. The average molecular weight is 339 g/mol. The monoisotopic (exact) mass is 339 g/mol. The molecule has 3 aromatic rings. The van der Waals surface area contributed by atoms with Crippen molar-refractivity contribution in [2.45, 2.75) is 20.5 Å². The molecule has 0 bridgehead atoms. The molecule has 3 rings (SSSR count). The third-order valence-corrected chi connectivity index (χ3v) is 4.22. The van der Waals surface area contributed by atoms with E-state index in [2.05, 4.69) is 37.3 Å². The highest BCUT2D eigenvalue weighted by Gasteiger charge is 2.05. The molecule has 0 saturated carbocycles. The number of nitrogens with zero attached hydrogens (tertiary/aromatic N) is 1. The van der Waals surface area contributed by atoms with Crippen LogP contribution in [0.15, 0.2) is 72.8 Å². The van der Waals surface area contributed by atoms with Crippen molar-refractivity contribution in [3.63, 3.8) is 0 Å². The summed E-state index contributed by atoms with van der Waals surface area (Å²) in [5.74, 6) is 0.771. The predicted octanol–water partition coefficient (Wildman–Crippen LogP) is 5.95. The van der Waals surface area contributed by atoms with E-state index in [1.807, 2.05) is 61.5 Å². The summed E-state index contributed by atoms with van der Waals surface area (Å²) >= 11 is 0. The molecule has 0 aliphatic rings. The van der Waals surface area contributed by atoms with Crippen molar-refractivity contribution in [3.8, 4) is 11.8 Å². The first-order chi connectivity index (χ1) is 12.7. The molecule has 0 atom stereocenters. The van der Waals surface area contributed by atoms with Crippen LogP contribution in [-0.4, -0.2) is 0 Å². The van der Waals surface area contributed by atoms with Gasteiger partial charge in [0.15, 0.2) is 0 Å². The lowest BCUT2D eigenvalue weighted by molar-refractivity contribution is 0.305. The van der Waals surface area contributed by atoms with E-state index in [0.29, 0.717) is 12.2 Å². The zero-order valence-corrected chi connectivity index (χ0v) is 15.1. The number of allylic oxidation sites excluding steroid dienone is 1. The van der Waals surface area contributed by atoms with E-state index in [1.54, 1.807) is 0 Å². The van der Waals surface area contributed by atoms with Crippen LogP contribution in [0.2, 0.25) is 0 Å². The minimum atomic E-state index is 0.498. The van der Waals surface area contributed by atoms with Gasteiger partial charge in [-0.2, -0.15) is 5.26 Å². The van der Waals surface area contributed by atoms with Gasteiger partial charge in [0.05, 0.1) is 11.6 Å². The molecule has 0 aliphatic carbocycles. The van der Waals surface area contributed by atoms with Gasteiger partial charge in [0, 0.05) is 5.56 Å². The molecule has 0 radical (unpaired) electrons. The van der Waals surface area contributed by atoms with Crippen LogP contribution in [0.1, 0.15) is 27.8 Å². The van der Waals surface area contributed by atoms with Gasteiger partial charge in [0.2, 0.25) is 0 Å². The minimum Gasteiger partial charge on any atom is -0.488 e. The van der Waals surface area contributed by atoms with Crippen LogP contribution in [0.25, 0.3) is 11.6 Å². The highest BCUT2D eigenvalue weighted by Crippen LogP contribution is 2.25. The molecule has 0 fully saturated rings. The lowest BCUT2D eigenvalue weighted by atomic mass is 10.0. The number of nitriles is 1. The van der Waals surface area contributed by atoms with Crippen LogP contribution in [0.5, 0.6) is 5.75 Å². The summed E-state index contributed by atoms with van der Waals surface area (Å²) in [6.45, 7) is 4.60. The SMILES string of the molecule is Cc1ccc(COc2ccccc2/C=C(\C#N)c2ccc(C)cc2)cc1. The number of hydrogen-bond donors (Lipinski definition) is 0. The quantitative estimate of drug-likeness (QED) is 0.425. The zero-order valence-electron chi connectivity index (χ0n) is 15.1. The molecule has 0 saturated heterocycles. The maximum atomic E-state index is 9.58. The first kappa shape index (κ1) is 17.5. The van der Waals surface area contributed by atoms with Crippen molar-refractivity contribution in [1.29, 1.82) is 5.26 Å². The summed E-state index contributed by atoms with van der Waals surface area (Å²) in [6.07, 6.45) is 1.88. The second kappa shape index (κ2) is 8.18. The van der Waals surface area contributed by atoms with Crippen LogP contribution in [0.3, 0.4) is 0 Å². The lowest BCUT2D eigenvalue weighted by Crippen LogP contribution is -1.97. The summed E-state index contributed by atoms with van der Waals surface area (Å²) in [5.41, 5.74) is 5.95. The fraction of sp³-hybridized carbons (Fsp3) is 0.125. The third-order valence-electron chi connectivity index (χ3n) is 4.22. The fourth-order valence-corrected chi connectivity index (χ4v) is 2.65. The van der Waals surface area contributed by atoms with Gasteiger partial charge >= 0.3 is 0 Å². The Balaban J connectivity index is 1.84. The van der Waals surface area contributed by atoms with E-state index >= 15 is 0 Å². The highest BCUT2D eigenvalue weighted by molar-refractivity contribution is 5.90. The van der Waals surface area contributed by atoms with E-state index in [0.717, 1.165) is 22.4 Å². The van der Waals surface area contributed by atoms with Gasteiger partial charge in [-0.25, -0.2) is 0 Å². The minimum absolute atomic E-state index is 0.498. The Labute approximate surface area is 155 Å². The molecule has 128 valence electrons. The topological polar surface area (TPSA) is 33.0 Å². The van der Waals surface area contributed by atoms with Crippen molar-refractivity contribution >= 4 is 11.6 Å². The molecule has 2 nitrogen and oxygen atoms in total. The number of benzene rings is 3. The number of para-hydroxylation sites is 1. The van der Waals surface area contributed by atoms with E-state index in [-0.39, 0.29) is 0 Å². The number of hydrogen-bond acceptors (Lipinski definition) is 2. The Hall–Kier alpha value is -3.31. The summed E-state index contributed by atoms with van der Waals surface area (Å²) in [7, 11) is 0. The van der Waals surface area contributed by atoms with Gasteiger partial charge in [-0.05, 0) is 37.1 Å². The van der Waals surface area contributed by atoms with Crippen molar-refractivity contribution in [3.05, 3.63) is 101 Å². The normalized spacial score (nSPS) is 11.0. The van der Waals surface area contributed by atoms with Crippen LogP contribution in [-0.2, 0) is 6.61 Å². The summed E-state index contributed by atoms with van der Waals surface area (Å²) in [4.78, 5) is 0. The van der Waals surface area contributed by atoms with Gasteiger partial charge in [0.1, 0.15) is 12.4 Å². The first-order valence-electron chi connectivity index (χ1n) is 8.62. The zero-order chi connectivity index (χ0) is 18.4. The Morgan fingerprint density at radius 2 is 1.50 bits per heavy atom. The molecule has 0 unspecified atom stereocenters. The van der Waals surface area contributed by atoms with Gasteiger partial charge in [-0.3, -0.25) is 0 Å². The van der Waals surface area contributed by atoms with Gasteiger partial charge in [-0.15, -0.1) is 0 Å². The Morgan fingerprint density at radius 1 is 0.885 bits per heavy atom. The van der Waals surface area contributed by atoms with Crippen LogP contribution in [0, 0.1) is 25.2 Å². The van der Waals surface area contributed by atoms with Crippen LogP contribution < -0.4 is 4.74 Å². The second-order valence-electron chi connectivity index (χ2n) is 6.35. The molecule has 0 amide bonds. The maximum Gasteiger partial charge on any atom is 0.127 e. The first-order valence-corrected chi connectivity index (χ1v) is 8.62. The predicted molar refractivity (Wildman–Crippen MR) is 107 cm³/mol. The van der Waals surface area contributed by atoms with Crippen LogP contribution in [0.4, 0.5) is 0 Å². The maximum absolute atomic E-state index is 9.58. The van der Waals surface area contributed by atoms with Crippen molar-refractivity contribution < 1.29 is 4.74 Å². The van der Waals surface area contributed by atoms with Crippen molar-refractivity contribution in [2.75, 3.05) is 0 Å². The third kappa shape index (κ3) is 4.40. The summed E-state index contributed by atoms with van der Waals surface area (Å²) in [6, 6.07) is 26.4. The van der Waals surface area contributed by atoms with E-state index in [4.69, 9.17) is 4.74 Å². The van der Waals surface area contributed by atoms with Crippen LogP contribution >= 0.6 is 0 Å². The molecule has 3 aromatic carbocycles. The molecule has 0 N–H and O–H groups in total. The molecule has 2 heteroatoms. The molecular formula is C24H21NO. The highest BCUT2D eigenvalue weighted by atomic mass is 16.5. The smallest absolute Gasteiger partial charge is 0.127 e. The van der Waals surface area contributed by atoms with Gasteiger partial charge < -0.3 is 4.74 Å². The Bertz CT molecular complexity index is 945. The van der Waals surface area contributed by atoms with Gasteiger partial charge in [0.25, 0.3) is 0 Å². The summed E-state index contributed by atoms with van der Waals surface area (Å²) < 4.78 is 6.01. The molecule has 0 aliphatic heterocycles. The van der Waals surface area contributed by atoms with E-state index in [9.17, 15) is 5.26 Å². The van der Waals surface area contributed by atoms with Gasteiger partial charge in [-0.1, -0.05) is 77.9 Å². The van der Waals surface area contributed by atoms with E-state index in [1.165, 1.54) is 11.1 Å². The lowest BCUT2D eigenvalue weighted by Gasteiger charge is -2.10. The second-order valence-corrected chi connectivity index (χ2v) is 6.35. The molecule has 0 spiro atoms. The number of rotatable bonds is 5. The number of aryl methyl sites for hydroxylation is 2. The largest absolute Gasteiger partial charge is 0.488 e. The fourth-order valence-electron chi connectivity index (χ4n) is 2.65. The molecule has 26 heavy (non-hydrogen) atoms. The molecular weight excluding hydrogens is 318 g/mol.